The fourth-order valence-corrected chi connectivity index (χ4v) is 3.28. The minimum Gasteiger partial charge on any atom is -0.486 e. The number of aromatic nitrogens is 1. The Morgan fingerprint density at radius 3 is 2.64 bits per heavy atom. The summed E-state index contributed by atoms with van der Waals surface area (Å²) < 4.78 is 5.76. The molecule has 0 radical (unpaired) electrons. The molecule has 1 aromatic heterocycles. The molecule has 0 N–H and O–H groups in total. The van der Waals surface area contributed by atoms with Crippen molar-refractivity contribution < 1.29 is 9.53 Å². The lowest BCUT2D eigenvalue weighted by atomic mass is 10.2. The first-order valence-corrected chi connectivity index (χ1v) is 9.15. The Morgan fingerprint density at radius 2 is 1.92 bits per heavy atom. The Balaban J connectivity index is 1.67. The maximum Gasteiger partial charge on any atom is 0.272 e. The summed E-state index contributed by atoms with van der Waals surface area (Å²) in [5.74, 6) is 0.635. The third-order valence-corrected chi connectivity index (χ3v) is 4.68. The number of hydrogen-bond acceptors (Lipinski definition) is 3. The Hall–Kier alpha value is -2.07. The third kappa shape index (κ3) is 4.73. The van der Waals surface area contributed by atoms with E-state index in [4.69, 9.17) is 16.3 Å². The van der Waals surface area contributed by atoms with Crippen LogP contribution in [0.5, 0.6) is 5.75 Å². The van der Waals surface area contributed by atoms with Gasteiger partial charge in [0.05, 0.1) is 10.7 Å². The molecule has 4 nitrogen and oxygen atoms in total. The van der Waals surface area contributed by atoms with Crippen LogP contribution in [0.25, 0.3) is 0 Å². The van der Waals surface area contributed by atoms with Crippen molar-refractivity contribution in [1.82, 2.24) is 9.88 Å². The van der Waals surface area contributed by atoms with Gasteiger partial charge >= 0.3 is 0 Å². The van der Waals surface area contributed by atoms with Gasteiger partial charge in [0.2, 0.25) is 0 Å². The molecule has 0 saturated carbocycles. The summed E-state index contributed by atoms with van der Waals surface area (Å²) in [6.07, 6.45) is 4.53. The summed E-state index contributed by atoms with van der Waals surface area (Å²) in [6, 6.07) is 11.2. The monoisotopic (exact) mass is 358 g/mol. The maximum atomic E-state index is 12.7. The van der Waals surface area contributed by atoms with E-state index in [2.05, 4.69) is 4.98 Å². The van der Waals surface area contributed by atoms with Gasteiger partial charge < -0.3 is 9.64 Å². The highest BCUT2D eigenvalue weighted by atomic mass is 35.5. The number of ether oxygens (including phenoxy) is 1. The fourth-order valence-electron chi connectivity index (χ4n) is 2.99. The van der Waals surface area contributed by atoms with E-state index in [1.165, 1.54) is 12.8 Å². The molecule has 0 aliphatic carbocycles. The van der Waals surface area contributed by atoms with Crippen LogP contribution < -0.4 is 4.74 Å². The summed E-state index contributed by atoms with van der Waals surface area (Å²) in [6.45, 7) is 3.90. The number of hydrogen-bond donors (Lipinski definition) is 0. The number of likely N-dealkylation sites (tertiary alicyclic amines) is 1. The largest absolute Gasteiger partial charge is 0.486 e. The van der Waals surface area contributed by atoms with Crippen LogP contribution in [0.4, 0.5) is 0 Å². The van der Waals surface area contributed by atoms with Gasteiger partial charge in [0, 0.05) is 13.1 Å². The molecule has 1 fully saturated rings. The number of halogens is 1. The van der Waals surface area contributed by atoms with Gasteiger partial charge in [-0.25, -0.2) is 4.98 Å². The van der Waals surface area contributed by atoms with Crippen molar-refractivity contribution in [2.75, 3.05) is 13.1 Å². The molecular formula is C20H23ClN2O2. The van der Waals surface area contributed by atoms with E-state index in [9.17, 15) is 4.79 Å². The second kappa shape index (κ2) is 8.34. The van der Waals surface area contributed by atoms with Crippen LogP contribution >= 0.6 is 11.6 Å². The highest BCUT2D eigenvalue weighted by Crippen LogP contribution is 2.25. The molecule has 0 atom stereocenters. The van der Waals surface area contributed by atoms with E-state index in [0.29, 0.717) is 16.5 Å². The van der Waals surface area contributed by atoms with Gasteiger partial charge in [-0.15, -0.1) is 0 Å². The van der Waals surface area contributed by atoms with Gasteiger partial charge in [0.15, 0.2) is 0 Å². The molecule has 1 aromatic carbocycles. The van der Waals surface area contributed by atoms with Crippen molar-refractivity contribution in [3.05, 3.63) is 58.4 Å². The van der Waals surface area contributed by atoms with Gasteiger partial charge in [-0.1, -0.05) is 36.6 Å². The Labute approximate surface area is 153 Å². The lowest BCUT2D eigenvalue weighted by Gasteiger charge is -2.20. The normalized spacial score (nSPS) is 14.9. The van der Waals surface area contributed by atoms with E-state index >= 15 is 0 Å². The molecule has 1 aliphatic heterocycles. The molecule has 0 unspecified atom stereocenters. The van der Waals surface area contributed by atoms with Crippen molar-refractivity contribution >= 4 is 17.5 Å². The van der Waals surface area contributed by atoms with Crippen molar-refractivity contribution in [1.29, 1.82) is 0 Å². The summed E-state index contributed by atoms with van der Waals surface area (Å²) in [5, 5.41) is 0.580. The highest BCUT2D eigenvalue weighted by molar-refractivity contribution is 6.32. The fraction of sp³-hybridized carbons (Fsp3) is 0.400. The van der Waals surface area contributed by atoms with E-state index in [-0.39, 0.29) is 12.5 Å². The van der Waals surface area contributed by atoms with Gasteiger partial charge in [-0.3, -0.25) is 4.79 Å². The molecule has 132 valence electrons. The lowest BCUT2D eigenvalue weighted by Crippen LogP contribution is -2.32. The number of aryl methyl sites for hydroxylation is 1. The molecule has 1 saturated heterocycles. The smallest absolute Gasteiger partial charge is 0.272 e. The van der Waals surface area contributed by atoms with Crippen LogP contribution in [-0.2, 0) is 6.61 Å². The second-order valence-electron chi connectivity index (χ2n) is 6.44. The van der Waals surface area contributed by atoms with Crippen LogP contribution in [0.3, 0.4) is 0 Å². The molecular weight excluding hydrogens is 336 g/mol. The summed E-state index contributed by atoms with van der Waals surface area (Å²) >= 11 is 6.19. The number of carbonyl (C=O) groups excluding carboxylic acids is 1. The van der Waals surface area contributed by atoms with Crippen LogP contribution in [0.1, 0.15) is 47.4 Å². The molecule has 0 bridgehead atoms. The molecule has 1 amide bonds. The van der Waals surface area contributed by atoms with E-state index in [1.54, 1.807) is 6.07 Å². The standard InChI is InChI=1S/C20H23ClN2O2/c1-15-9-10-19(17(21)13-15)25-14-16-7-6-8-18(22-16)20(24)23-11-4-2-3-5-12-23/h6-10,13H,2-5,11-12,14H2,1H3. The quantitative estimate of drug-likeness (QED) is 0.799. The molecule has 2 aromatic rings. The van der Waals surface area contributed by atoms with E-state index in [1.807, 2.05) is 42.2 Å². The molecule has 2 heterocycles. The number of amides is 1. The first-order valence-electron chi connectivity index (χ1n) is 8.77. The number of nitrogens with zero attached hydrogens (tertiary/aromatic N) is 2. The van der Waals surface area contributed by atoms with Gasteiger partial charge in [-0.05, 0) is 49.6 Å². The average Bonchev–Trinajstić information content (AvgIpc) is 2.90. The minimum absolute atomic E-state index is 0.0112. The predicted octanol–water partition coefficient (Wildman–Crippen LogP) is 4.64. The zero-order chi connectivity index (χ0) is 17.6. The Morgan fingerprint density at radius 1 is 1.16 bits per heavy atom. The summed E-state index contributed by atoms with van der Waals surface area (Å²) in [4.78, 5) is 19.1. The van der Waals surface area contributed by atoms with Crippen LogP contribution in [0, 0.1) is 6.92 Å². The van der Waals surface area contributed by atoms with Crippen LogP contribution in [0.2, 0.25) is 5.02 Å². The number of pyridine rings is 1. The second-order valence-corrected chi connectivity index (χ2v) is 6.85. The van der Waals surface area contributed by atoms with Crippen molar-refractivity contribution in [3.63, 3.8) is 0 Å². The first kappa shape index (κ1) is 17.7. The van der Waals surface area contributed by atoms with E-state index < -0.39 is 0 Å². The van der Waals surface area contributed by atoms with Crippen molar-refractivity contribution in [3.8, 4) is 5.75 Å². The Bertz CT molecular complexity index is 740. The van der Waals surface area contributed by atoms with Gasteiger partial charge in [-0.2, -0.15) is 0 Å². The number of rotatable bonds is 4. The van der Waals surface area contributed by atoms with Crippen molar-refractivity contribution in [2.45, 2.75) is 39.2 Å². The maximum absolute atomic E-state index is 12.7. The average molecular weight is 359 g/mol. The Kier molecular flexibility index (Phi) is 5.92. The molecule has 3 rings (SSSR count). The highest BCUT2D eigenvalue weighted by Gasteiger charge is 2.18. The van der Waals surface area contributed by atoms with Crippen LogP contribution in [-0.4, -0.2) is 28.9 Å². The molecule has 5 heteroatoms. The first-order chi connectivity index (χ1) is 12.1. The number of benzene rings is 1. The molecule has 1 aliphatic rings. The number of carbonyl (C=O) groups is 1. The summed E-state index contributed by atoms with van der Waals surface area (Å²) in [5.41, 5.74) is 2.29. The lowest BCUT2D eigenvalue weighted by molar-refractivity contribution is 0.0755. The minimum atomic E-state index is 0.0112. The SMILES string of the molecule is Cc1ccc(OCc2cccc(C(=O)N3CCCCCC3)n2)c(Cl)c1. The molecule has 25 heavy (non-hydrogen) atoms. The molecule has 0 spiro atoms. The zero-order valence-corrected chi connectivity index (χ0v) is 15.3. The predicted molar refractivity (Wildman–Crippen MR) is 99.1 cm³/mol. The topological polar surface area (TPSA) is 42.4 Å². The van der Waals surface area contributed by atoms with Crippen LogP contribution in [0.15, 0.2) is 36.4 Å². The van der Waals surface area contributed by atoms with Gasteiger partial charge in [0.1, 0.15) is 18.1 Å². The van der Waals surface area contributed by atoms with E-state index in [0.717, 1.165) is 37.2 Å². The van der Waals surface area contributed by atoms with Crippen molar-refractivity contribution in [2.24, 2.45) is 0 Å². The third-order valence-electron chi connectivity index (χ3n) is 4.38. The zero-order valence-electron chi connectivity index (χ0n) is 14.5. The summed E-state index contributed by atoms with van der Waals surface area (Å²) in [7, 11) is 0. The van der Waals surface area contributed by atoms with Gasteiger partial charge in [0.25, 0.3) is 5.91 Å².